The number of rotatable bonds is 2. The van der Waals surface area contributed by atoms with Crippen LogP contribution < -0.4 is 0 Å². The van der Waals surface area contributed by atoms with Gasteiger partial charge in [-0.05, 0) is 42.2 Å². The average molecular weight is 315 g/mol. The van der Waals surface area contributed by atoms with Crippen molar-refractivity contribution in [1.82, 2.24) is 0 Å². The molecule has 0 aliphatic rings. The summed E-state index contributed by atoms with van der Waals surface area (Å²) in [6, 6.07) is 13.6. The number of hydrogen-bond acceptors (Lipinski definition) is 0. The quantitative estimate of drug-likeness (QED) is 0.621. The summed E-state index contributed by atoms with van der Waals surface area (Å²) in [6.45, 7) is 3.84. The minimum Gasteiger partial charge on any atom is -0.166 e. The van der Waals surface area contributed by atoms with Gasteiger partial charge in [0.2, 0.25) is 0 Å². The lowest BCUT2D eigenvalue weighted by atomic mass is 10.1. The molecule has 2 aromatic carbocycles. The molecule has 0 heterocycles. The van der Waals surface area contributed by atoms with Gasteiger partial charge < -0.3 is 0 Å². The molecule has 2 aromatic rings. The van der Waals surface area contributed by atoms with E-state index in [0.29, 0.717) is 12.0 Å². The number of aryl methyl sites for hydroxylation is 2. The van der Waals surface area contributed by atoms with Gasteiger partial charge in [-0.15, -0.1) is 0 Å². The molecule has 0 spiro atoms. The first-order chi connectivity index (χ1) is 9.88. The van der Waals surface area contributed by atoms with Gasteiger partial charge >= 0.3 is 6.18 Å². The molecule has 0 radical (unpaired) electrons. The summed E-state index contributed by atoms with van der Waals surface area (Å²) < 4.78 is 36.7. The zero-order valence-corrected chi connectivity index (χ0v) is 12.8. The van der Waals surface area contributed by atoms with Gasteiger partial charge in [0, 0.05) is 5.02 Å². The Bertz CT molecular complexity index is 545. The van der Waals surface area contributed by atoms with Crippen LogP contribution in [0.4, 0.5) is 13.2 Å². The van der Waals surface area contributed by atoms with Crippen molar-refractivity contribution >= 4 is 11.6 Å². The van der Waals surface area contributed by atoms with Gasteiger partial charge in [0.1, 0.15) is 0 Å². The van der Waals surface area contributed by atoms with Gasteiger partial charge in [-0.25, -0.2) is 0 Å². The van der Waals surface area contributed by atoms with E-state index in [1.165, 1.54) is 17.7 Å². The lowest BCUT2D eigenvalue weighted by molar-refractivity contribution is -0.138. The summed E-state index contributed by atoms with van der Waals surface area (Å²) >= 11 is 5.67. The minimum absolute atomic E-state index is 0.352. The van der Waals surface area contributed by atoms with Crippen LogP contribution in [0.25, 0.3) is 0 Å². The normalized spacial score (nSPS) is 10.8. The second-order valence-corrected chi connectivity index (χ2v) is 4.92. The molecule has 0 saturated carbocycles. The summed E-state index contributed by atoms with van der Waals surface area (Å²) in [5.74, 6) is 0. The molecule has 0 bridgehead atoms. The van der Waals surface area contributed by atoms with Gasteiger partial charge in [0.05, 0.1) is 5.56 Å². The van der Waals surface area contributed by atoms with Crippen LogP contribution in [0.1, 0.15) is 30.5 Å². The monoisotopic (exact) mass is 314 g/mol. The van der Waals surface area contributed by atoms with Crippen molar-refractivity contribution in [1.29, 1.82) is 0 Å². The van der Waals surface area contributed by atoms with Crippen LogP contribution in [0.15, 0.2) is 48.5 Å². The van der Waals surface area contributed by atoms with Gasteiger partial charge in [-0.3, -0.25) is 0 Å². The molecule has 21 heavy (non-hydrogen) atoms. The van der Waals surface area contributed by atoms with Crippen molar-refractivity contribution in [2.45, 2.75) is 32.9 Å². The van der Waals surface area contributed by atoms with Gasteiger partial charge in [-0.2, -0.15) is 13.2 Å². The molecule has 2 rings (SSSR count). The van der Waals surface area contributed by atoms with E-state index in [1.54, 1.807) is 13.0 Å². The van der Waals surface area contributed by atoms with Crippen LogP contribution >= 0.6 is 11.6 Å². The molecule has 0 N–H and O–H groups in total. The molecule has 0 amide bonds. The van der Waals surface area contributed by atoms with E-state index < -0.39 is 11.7 Å². The maximum atomic E-state index is 12.2. The summed E-state index contributed by atoms with van der Waals surface area (Å²) in [4.78, 5) is 0. The topological polar surface area (TPSA) is 0 Å². The molecule has 0 nitrogen and oxygen atoms in total. The Morgan fingerprint density at radius 3 is 1.86 bits per heavy atom. The van der Waals surface area contributed by atoms with Crippen LogP contribution in [0, 0.1) is 0 Å². The molecule has 0 fully saturated rings. The van der Waals surface area contributed by atoms with Crippen LogP contribution in [-0.4, -0.2) is 0 Å². The van der Waals surface area contributed by atoms with E-state index in [0.717, 1.165) is 17.5 Å². The van der Waals surface area contributed by atoms with Gasteiger partial charge in [0.25, 0.3) is 0 Å². The summed E-state index contributed by atoms with van der Waals surface area (Å²) in [5.41, 5.74) is 1.16. The Hall–Kier alpha value is -1.48. The van der Waals surface area contributed by atoms with Gasteiger partial charge in [0.15, 0.2) is 0 Å². The van der Waals surface area contributed by atoms with Crippen molar-refractivity contribution in [2.75, 3.05) is 0 Å². The molecular formula is C17H18ClF3. The Balaban J connectivity index is 0.000000219. The predicted molar refractivity (Wildman–Crippen MR) is 81.7 cm³/mol. The zero-order valence-electron chi connectivity index (χ0n) is 12.0. The van der Waals surface area contributed by atoms with Gasteiger partial charge in [-0.1, -0.05) is 55.8 Å². The first kappa shape index (κ1) is 17.6. The molecular weight excluding hydrogens is 297 g/mol. The molecule has 0 saturated heterocycles. The molecule has 0 aliphatic carbocycles. The van der Waals surface area contributed by atoms with E-state index in [-0.39, 0.29) is 0 Å². The summed E-state index contributed by atoms with van der Waals surface area (Å²) in [7, 11) is 0. The van der Waals surface area contributed by atoms with E-state index >= 15 is 0 Å². The number of alkyl halides is 3. The highest BCUT2D eigenvalue weighted by Gasteiger charge is 2.32. The summed E-state index contributed by atoms with van der Waals surface area (Å²) in [6.07, 6.45) is -2.72. The molecule has 0 aliphatic heterocycles. The molecule has 0 unspecified atom stereocenters. The van der Waals surface area contributed by atoms with Crippen LogP contribution in [0.5, 0.6) is 0 Å². The Labute approximate surface area is 128 Å². The fourth-order valence-electron chi connectivity index (χ4n) is 1.83. The largest absolute Gasteiger partial charge is 0.416 e. The second-order valence-electron chi connectivity index (χ2n) is 4.49. The molecule has 4 heteroatoms. The van der Waals surface area contributed by atoms with Crippen molar-refractivity contribution < 1.29 is 13.2 Å². The Morgan fingerprint density at radius 2 is 1.43 bits per heavy atom. The molecule has 0 atom stereocenters. The summed E-state index contributed by atoms with van der Waals surface area (Å²) in [5, 5.41) is 0.812. The van der Waals surface area contributed by atoms with Crippen LogP contribution in [0.3, 0.4) is 0 Å². The van der Waals surface area contributed by atoms with Crippen molar-refractivity contribution in [3.8, 4) is 0 Å². The highest BCUT2D eigenvalue weighted by Crippen LogP contribution is 2.31. The van der Waals surface area contributed by atoms with Crippen LogP contribution in [-0.2, 0) is 19.0 Å². The van der Waals surface area contributed by atoms with E-state index in [1.807, 2.05) is 24.3 Å². The first-order valence-corrected chi connectivity index (χ1v) is 7.15. The highest BCUT2D eigenvalue weighted by molar-refractivity contribution is 6.30. The average Bonchev–Trinajstić information content (AvgIpc) is 2.48. The Kier molecular flexibility index (Phi) is 6.76. The zero-order chi connectivity index (χ0) is 15.9. The standard InChI is InChI=1S/C9H9F3.C8H9Cl/c1-2-7-5-3-4-6-8(7)9(10,11)12;1-2-7-3-5-8(9)6-4-7/h3-6H,2H2,1H3;3-6H,2H2,1H3. The van der Waals surface area contributed by atoms with Crippen molar-refractivity contribution in [3.63, 3.8) is 0 Å². The first-order valence-electron chi connectivity index (χ1n) is 6.78. The van der Waals surface area contributed by atoms with Crippen molar-refractivity contribution in [2.24, 2.45) is 0 Å². The number of benzene rings is 2. The molecule has 0 aromatic heterocycles. The lowest BCUT2D eigenvalue weighted by Gasteiger charge is -2.10. The number of halogens is 4. The third-order valence-corrected chi connectivity index (χ3v) is 3.28. The fourth-order valence-corrected chi connectivity index (χ4v) is 1.95. The highest BCUT2D eigenvalue weighted by atomic mass is 35.5. The maximum Gasteiger partial charge on any atom is 0.416 e. The Morgan fingerprint density at radius 1 is 0.857 bits per heavy atom. The van der Waals surface area contributed by atoms with E-state index in [9.17, 15) is 13.2 Å². The fraction of sp³-hybridized carbons (Fsp3) is 0.294. The van der Waals surface area contributed by atoms with Crippen molar-refractivity contribution in [3.05, 3.63) is 70.2 Å². The SMILES string of the molecule is CCc1ccc(Cl)cc1.CCc1ccccc1C(F)(F)F. The second kappa shape index (κ2) is 8.08. The molecule has 114 valence electrons. The third kappa shape index (κ3) is 5.80. The lowest BCUT2D eigenvalue weighted by Crippen LogP contribution is -2.08. The number of hydrogen-bond donors (Lipinski definition) is 0. The van der Waals surface area contributed by atoms with E-state index in [4.69, 9.17) is 11.6 Å². The predicted octanol–water partition coefficient (Wildman–Crippen LogP) is 6.17. The van der Waals surface area contributed by atoms with E-state index in [2.05, 4.69) is 6.92 Å². The van der Waals surface area contributed by atoms with Crippen LogP contribution in [0.2, 0.25) is 5.02 Å². The smallest absolute Gasteiger partial charge is 0.166 e. The minimum atomic E-state index is -4.22. The maximum absolute atomic E-state index is 12.2. The third-order valence-electron chi connectivity index (χ3n) is 3.03.